The fraction of sp³-hybridized carbons (Fsp3) is 0.438. The number of sulfonamides is 1. The second kappa shape index (κ2) is 13.9. The number of aromatic nitrogens is 1. The number of hydrogen-bond donors (Lipinski definition) is 3. The second-order valence-corrected chi connectivity index (χ2v) is 14.1. The molecule has 0 spiro atoms. The van der Waals surface area contributed by atoms with Gasteiger partial charge in [0, 0.05) is 59.6 Å². The number of rotatable bonds is 12. The van der Waals surface area contributed by atoms with Gasteiger partial charge in [0.15, 0.2) is 0 Å². The molecule has 236 valence electrons. The predicted molar refractivity (Wildman–Crippen MR) is 170 cm³/mol. The Kier molecular flexibility index (Phi) is 10.2. The highest BCUT2D eigenvalue weighted by molar-refractivity contribution is 7.90. The minimum absolute atomic E-state index is 0.140. The molecule has 4 atom stereocenters. The van der Waals surface area contributed by atoms with E-state index in [0.717, 1.165) is 5.56 Å². The quantitative estimate of drug-likeness (QED) is 0.266. The van der Waals surface area contributed by atoms with E-state index < -0.39 is 33.7 Å². The van der Waals surface area contributed by atoms with Gasteiger partial charge in [-0.05, 0) is 74.4 Å². The highest BCUT2D eigenvalue weighted by atomic mass is 35.5. The second-order valence-electron chi connectivity index (χ2n) is 11.6. The Bertz CT molecular complexity index is 1550. The lowest BCUT2D eigenvalue weighted by molar-refractivity contribution is -0.117. The first-order valence-corrected chi connectivity index (χ1v) is 16.8. The fourth-order valence-electron chi connectivity index (χ4n) is 6.01. The smallest absolute Gasteiger partial charge is 0.242 e. The molecular weight excluding hydrogens is 605 g/mol. The van der Waals surface area contributed by atoms with E-state index in [2.05, 4.69) is 15.6 Å². The number of methoxy groups -OCH3 is 1. The Labute approximate surface area is 263 Å². The molecular formula is C32H39ClFN5O4S. The van der Waals surface area contributed by atoms with Crippen LogP contribution in [-0.2, 0) is 21.2 Å². The SMILES string of the molecule is COc1ccc([C@H](c2ccc(Cl)cc2)[C@H](N)C(=O)Nc2cccc(F)c2CCC[C@H]2CNC[C@H](C)N2S(=O)(=O)C2CC2)cn1. The molecule has 1 aliphatic carbocycles. The summed E-state index contributed by atoms with van der Waals surface area (Å²) in [6, 6.07) is 13.8. The van der Waals surface area contributed by atoms with Gasteiger partial charge in [0.2, 0.25) is 21.8 Å². The van der Waals surface area contributed by atoms with E-state index in [0.29, 0.717) is 72.9 Å². The monoisotopic (exact) mass is 643 g/mol. The summed E-state index contributed by atoms with van der Waals surface area (Å²) in [4.78, 5) is 17.9. The summed E-state index contributed by atoms with van der Waals surface area (Å²) < 4.78 is 48.4. The van der Waals surface area contributed by atoms with Crippen LogP contribution in [-0.4, -0.2) is 67.2 Å². The van der Waals surface area contributed by atoms with E-state index >= 15 is 4.39 Å². The van der Waals surface area contributed by atoms with Crippen LogP contribution in [0.5, 0.6) is 5.88 Å². The van der Waals surface area contributed by atoms with Crippen LogP contribution in [0.15, 0.2) is 60.8 Å². The van der Waals surface area contributed by atoms with E-state index in [4.69, 9.17) is 22.1 Å². The van der Waals surface area contributed by atoms with Crippen molar-refractivity contribution in [2.45, 2.75) is 68.3 Å². The third-order valence-electron chi connectivity index (χ3n) is 8.41. The summed E-state index contributed by atoms with van der Waals surface area (Å²) in [5.74, 6) is -1.07. The van der Waals surface area contributed by atoms with Gasteiger partial charge >= 0.3 is 0 Å². The van der Waals surface area contributed by atoms with Gasteiger partial charge in [0.05, 0.1) is 18.4 Å². The van der Waals surface area contributed by atoms with Gasteiger partial charge in [-0.15, -0.1) is 0 Å². The number of nitrogens with zero attached hydrogens (tertiary/aromatic N) is 2. The lowest BCUT2D eigenvalue weighted by Gasteiger charge is -2.40. The van der Waals surface area contributed by atoms with Gasteiger partial charge in [-0.25, -0.2) is 17.8 Å². The molecule has 44 heavy (non-hydrogen) atoms. The average molecular weight is 644 g/mol. The molecule has 1 amide bonds. The van der Waals surface area contributed by atoms with Crippen LogP contribution in [0.2, 0.25) is 5.02 Å². The highest BCUT2D eigenvalue weighted by Crippen LogP contribution is 2.35. The van der Waals surface area contributed by atoms with Gasteiger partial charge < -0.3 is 21.1 Å². The molecule has 9 nitrogen and oxygen atoms in total. The first kappa shape index (κ1) is 32.3. The van der Waals surface area contributed by atoms with Crippen LogP contribution in [0.25, 0.3) is 0 Å². The van der Waals surface area contributed by atoms with Crippen molar-refractivity contribution in [1.29, 1.82) is 0 Å². The molecule has 12 heteroatoms. The molecule has 0 unspecified atom stereocenters. The maximum Gasteiger partial charge on any atom is 0.242 e. The average Bonchev–Trinajstić information content (AvgIpc) is 3.86. The number of nitrogens with two attached hydrogens (primary N) is 1. The number of hydrogen-bond acceptors (Lipinski definition) is 7. The first-order valence-electron chi connectivity index (χ1n) is 14.9. The number of ether oxygens (including phenoxy) is 1. The summed E-state index contributed by atoms with van der Waals surface area (Å²) in [7, 11) is -1.83. The summed E-state index contributed by atoms with van der Waals surface area (Å²) >= 11 is 6.12. The van der Waals surface area contributed by atoms with Crippen LogP contribution in [0.3, 0.4) is 0 Å². The van der Waals surface area contributed by atoms with Crippen molar-refractivity contribution in [3.8, 4) is 5.88 Å². The van der Waals surface area contributed by atoms with Crippen molar-refractivity contribution >= 4 is 33.2 Å². The minimum atomic E-state index is -3.35. The fourth-order valence-corrected chi connectivity index (χ4v) is 8.38. The number of carbonyl (C=O) groups excluding carboxylic acids is 1. The molecule has 1 saturated carbocycles. The largest absolute Gasteiger partial charge is 0.481 e. The normalized spacial score (nSPS) is 20.6. The third-order valence-corrected chi connectivity index (χ3v) is 11.2. The van der Waals surface area contributed by atoms with Crippen molar-refractivity contribution in [3.05, 3.63) is 88.3 Å². The summed E-state index contributed by atoms with van der Waals surface area (Å²) in [5.41, 5.74) is 8.77. The number of piperazine rings is 1. The molecule has 1 saturated heterocycles. The molecule has 3 aromatic rings. The highest BCUT2D eigenvalue weighted by Gasteiger charge is 2.45. The lowest BCUT2D eigenvalue weighted by Crippen LogP contribution is -2.58. The number of anilines is 1. The first-order chi connectivity index (χ1) is 21.1. The maximum absolute atomic E-state index is 15.2. The van der Waals surface area contributed by atoms with Crippen LogP contribution in [0.4, 0.5) is 10.1 Å². The number of amides is 1. The standard InChI is InChI=1S/C32H39ClFN5O4S/c1-20-17-36-19-24(39(20)44(41,42)25-14-15-25)5-3-6-26-27(34)7-4-8-28(26)38-32(40)31(35)30(21-9-12-23(33)13-10-21)22-11-16-29(43-2)37-18-22/h4,7-13,16,18,20,24-25,30-31,36H,3,5-6,14-15,17,19,35H2,1-2H3,(H,38,40)/t20-,24-,30-,31-/m0/s1. The number of carbonyl (C=O) groups is 1. The third kappa shape index (κ3) is 7.24. The molecule has 2 heterocycles. The Morgan fingerprint density at radius 2 is 1.89 bits per heavy atom. The molecule has 0 bridgehead atoms. The Morgan fingerprint density at radius 3 is 2.55 bits per heavy atom. The van der Waals surface area contributed by atoms with Crippen molar-refractivity contribution in [2.75, 3.05) is 25.5 Å². The van der Waals surface area contributed by atoms with Gasteiger partial charge in [0.25, 0.3) is 0 Å². The number of benzene rings is 2. The molecule has 2 aliphatic rings. The number of pyridine rings is 1. The van der Waals surface area contributed by atoms with E-state index in [1.165, 1.54) is 13.2 Å². The van der Waals surface area contributed by atoms with Gasteiger partial charge in [-0.2, -0.15) is 4.31 Å². The van der Waals surface area contributed by atoms with Gasteiger partial charge in [0.1, 0.15) is 5.82 Å². The zero-order valence-electron chi connectivity index (χ0n) is 24.9. The van der Waals surface area contributed by atoms with Crippen LogP contribution < -0.4 is 21.1 Å². The molecule has 1 aliphatic heterocycles. The van der Waals surface area contributed by atoms with Crippen molar-refractivity contribution in [1.82, 2.24) is 14.6 Å². The summed E-state index contributed by atoms with van der Waals surface area (Å²) in [5, 5.41) is 6.46. The summed E-state index contributed by atoms with van der Waals surface area (Å²) in [6.45, 7) is 3.08. The predicted octanol–water partition coefficient (Wildman–Crippen LogP) is 4.46. The van der Waals surface area contributed by atoms with Crippen molar-refractivity contribution in [2.24, 2.45) is 5.73 Å². The molecule has 4 N–H and O–H groups in total. The van der Waals surface area contributed by atoms with E-state index in [-0.39, 0.29) is 17.3 Å². The summed E-state index contributed by atoms with van der Waals surface area (Å²) in [6.07, 6.45) is 4.46. The van der Waals surface area contributed by atoms with E-state index in [1.807, 2.05) is 19.1 Å². The van der Waals surface area contributed by atoms with Crippen LogP contribution >= 0.6 is 11.6 Å². The number of nitrogens with one attached hydrogen (secondary N) is 2. The zero-order valence-corrected chi connectivity index (χ0v) is 26.5. The Hall–Kier alpha value is -3.09. The topological polar surface area (TPSA) is 127 Å². The minimum Gasteiger partial charge on any atom is -0.481 e. The molecule has 1 aromatic heterocycles. The number of halogens is 2. The van der Waals surface area contributed by atoms with Gasteiger partial charge in [-0.3, -0.25) is 4.79 Å². The molecule has 2 fully saturated rings. The van der Waals surface area contributed by atoms with E-state index in [1.54, 1.807) is 46.9 Å². The van der Waals surface area contributed by atoms with Crippen molar-refractivity contribution < 1.29 is 22.3 Å². The maximum atomic E-state index is 15.2. The Morgan fingerprint density at radius 1 is 1.16 bits per heavy atom. The van der Waals surface area contributed by atoms with Crippen LogP contribution in [0.1, 0.15) is 55.2 Å². The zero-order chi connectivity index (χ0) is 31.4. The van der Waals surface area contributed by atoms with E-state index in [9.17, 15) is 13.2 Å². The molecule has 5 rings (SSSR count). The molecule has 0 radical (unpaired) electrons. The molecule has 2 aromatic carbocycles. The van der Waals surface area contributed by atoms with Crippen molar-refractivity contribution in [3.63, 3.8) is 0 Å². The lowest BCUT2D eigenvalue weighted by atomic mass is 9.85. The van der Waals surface area contributed by atoms with Crippen LogP contribution in [0, 0.1) is 5.82 Å². The Balaban J connectivity index is 1.31. The van der Waals surface area contributed by atoms with Gasteiger partial charge in [-0.1, -0.05) is 35.9 Å².